The molecule has 3 heteroatoms. The van der Waals surface area contributed by atoms with Crippen molar-refractivity contribution in [2.45, 2.75) is 52.1 Å². The Morgan fingerprint density at radius 3 is 2.40 bits per heavy atom. The van der Waals surface area contributed by atoms with Crippen LogP contribution in [0, 0.1) is 12.3 Å². The van der Waals surface area contributed by atoms with Crippen molar-refractivity contribution in [2.75, 3.05) is 6.54 Å². The first kappa shape index (κ1) is 15.0. The summed E-state index contributed by atoms with van der Waals surface area (Å²) in [5.41, 5.74) is 1.22. The fourth-order valence-electron chi connectivity index (χ4n) is 2.74. The molecule has 3 nitrogen and oxygen atoms in total. The van der Waals surface area contributed by atoms with E-state index in [0.29, 0.717) is 17.5 Å². The molecule has 20 heavy (non-hydrogen) atoms. The highest BCUT2D eigenvalue weighted by atomic mass is 16.3. The first-order chi connectivity index (χ1) is 9.31. The molecule has 0 radical (unpaired) electrons. The Balaban J connectivity index is 1.92. The van der Waals surface area contributed by atoms with Crippen molar-refractivity contribution >= 4 is 5.91 Å². The number of carbonyl (C=O) groups excluding carboxylic acids is 1. The molecule has 0 saturated heterocycles. The topological polar surface area (TPSA) is 49.3 Å². The molecule has 0 heterocycles. The Kier molecular flexibility index (Phi) is 4.19. The highest BCUT2D eigenvalue weighted by molar-refractivity contribution is 5.95. The molecule has 1 aromatic rings. The van der Waals surface area contributed by atoms with E-state index in [1.165, 1.54) is 0 Å². The molecule has 1 amide bonds. The molecular weight excluding hydrogens is 250 g/mol. The van der Waals surface area contributed by atoms with Crippen molar-refractivity contribution in [2.24, 2.45) is 5.41 Å². The van der Waals surface area contributed by atoms with E-state index in [1.807, 2.05) is 31.2 Å². The van der Waals surface area contributed by atoms with Gasteiger partial charge in [0.05, 0.1) is 5.60 Å². The highest BCUT2D eigenvalue weighted by Crippen LogP contribution is 2.39. The van der Waals surface area contributed by atoms with Crippen molar-refractivity contribution < 1.29 is 9.90 Å². The maximum absolute atomic E-state index is 12.2. The zero-order chi connectivity index (χ0) is 14.8. The Labute approximate surface area is 121 Å². The van der Waals surface area contributed by atoms with Gasteiger partial charge in [0.25, 0.3) is 5.91 Å². The second-order valence-electron chi connectivity index (χ2n) is 6.89. The van der Waals surface area contributed by atoms with Crippen LogP contribution in [0.1, 0.15) is 55.5 Å². The summed E-state index contributed by atoms with van der Waals surface area (Å²) in [5.74, 6) is -0.0960. The van der Waals surface area contributed by atoms with Gasteiger partial charge in [0.15, 0.2) is 0 Å². The Bertz CT molecular complexity index is 484. The molecule has 2 N–H and O–H groups in total. The van der Waals surface area contributed by atoms with Crippen molar-refractivity contribution in [1.29, 1.82) is 0 Å². The third-order valence-corrected chi connectivity index (χ3v) is 4.50. The maximum Gasteiger partial charge on any atom is 0.251 e. The Hall–Kier alpha value is -1.35. The van der Waals surface area contributed by atoms with Crippen molar-refractivity contribution in [3.05, 3.63) is 35.4 Å². The molecule has 0 spiro atoms. The zero-order valence-electron chi connectivity index (χ0n) is 12.7. The average Bonchev–Trinajstić information content (AvgIpc) is 2.41. The van der Waals surface area contributed by atoms with Gasteiger partial charge in [-0.2, -0.15) is 0 Å². The summed E-state index contributed by atoms with van der Waals surface area (Å²) < 4.78 is 0. The summed E-state index contributed by atoms with van der Waals surface area (Å²) in [6.07, 6.45) is 3.52. The van der Waals surface area contributed by atoms with Gasteiger partial charge in [-0.15, -0.1) is 0 Å². The number of rotatable bonds is 3. The van der Waals surface area contributed by atoms with E-state index in [0.717, 1.165) is 31.2 Å². The molecule has 0 unspecified atom stereocenters. The summed E-state index contributed by atoms with van der Waals surface area (Å²) in [4.78, 5) is 12.2. The number of hydrogen-bond donors (Lipinski definition) is 2. The van der Waals surface area contributed by atoms with Gasteiger partial charge in [-0.25, -0.2) is 0 Å². The molecular formula is C17H25NO2. The number of benzene rings is 1. The number of aryl methyl sites for hydroxylation is 1. The largest absolute Gasteiger partial charge is 0.388 e. The van der Waals surface area contributed by atoms with E-state index in [-0.39, 0.29) is 5.91 Å². The van der Waals surface area contributed by atoms with Crippen LogP contribution in [0.5, 0.6) is 0 Å². The van der Waals surface area contributed by atoms with Gasteiger partial charge < -0.3 is 10.4 Å². The standard InChI is InChI=1S/C17H25NO2/c1-13-6-4-5-7-14(13)15(19)18-12-17(20)10-8-16(2,3)9-11-17/h4-7,20H,8-12H2,1-3H3,(H,18,19). The summed E-state index contributed by atoms with van der Waals surface area (Å²) in [7, 11) is 0. The Morgan fingerprint density at radius 2 is 1.80 bits per heavy atom. The molecule has 0 atom stereocenters. The molecule has 1 aromatic carbocycles. The number of nitrogens with one attached hydrogen (secondary N) is 1. The monoisotopic (exact) mass is 275 g/mol. The van der Waals surface area contributed by atoms with Gasteiger partial charge in [-0.05, 0) is 49.7 Å². The molecule has 1 fully saturated rings. The molecule has 110 valence electrons. The van der Waals surface area contributed by atoms with Gasteiger partial charge in [0, 0.05) is 12.1 Å². The molecule has 1 aliphatic carbocycles. The van der Waals surface area contributed by atoms with E-state index in [2.05, 4.69) is 19.2 Å². The second-order valence-corrected chi connectivity index (χ2v) is 6.89. The summed E-state index contributed by atoms with van der Waals surface area (Å²) in [5, 5.41) is 13.4. The summed E-state index contributed by atoms with van der Waals surface area (Å²) in [6.45, 7) is 6.74. The van der Waals surface area contributed by atoms with Crippen LogP contribution in [0.25, 0.3) is 0 Å². The number of carbonyl (C=O) groups is 1. The van der Waals surface area contributed by atoms with Gasteiger partial charge in [0.2, 0.25) is 0 Å². The van der Waals surface area contributed by atoms with E-state index in [1.54, 1.807) is 0 Å². The number of amides is 1. The van der Waals surface area contributed by atoms with E-state index in [4.69, 9.17) is 0 Å². The lowest BCUT2D eigenvalue weighted by atomic mass is 9.71. The lowest BCUT2D eigenvalue weighted by Gasteiger charge is -2.40. The fraction of sp³-hybridized carbons (Fsp3) is 0.588. The van der Waals surface area contributed by atoms with Gasteiger partial charge >= 0.3 is 0 Å². The zero-order valence-corrected chi connectivity index (χ0v) is 12.7. The summed E-state index contributed by atoms with van der Waals surface area (Å²) in [6, 6.07) is 7.52. The first-order valence-electron chi connectivity index (χ1n) is 7.38. The molecule has 2 rings (SSSR count). The summed E-state index contributed by atoms with van der Waals surface area (Å²) >= 11 is 0. The molecule has 1 saturated carbocycles. The van der Waals surface area contributed by atoms with Crippen LogP contribution >= 0.6 is 0 Å². The van der Waals surface area contributed by atoms with Crippen LogP contribution < -0.4 is 5.32 Å². The molecule has 0 aliphatic heterocycles. The smallest absolute Gasteiger partial charge is 0.251 e. The average molecular weight is 275 g/mol. The molecule has 1 aliphatic rings. The predicted molar refractivity (Wildman–Crippen MR) is 80.7 cm³/mol. The van der Waals surface area contributed by atoms with Crippen molar-refractivity contribution in [3.63, 3.8) is 0 Å². The normalized spacial score (nSPS) is 20.4. The maximum atomic E-state index is 12.2. The quantitative estimate of drug-likeness (QED) is 0.890. The van der Waals surface area contributed by atoms with E-state index < -0.39 is 5.60 Å². The fourth-order valence-corrected chi connectivity index (χ4v) is 2.74. The van der Waals surface area contributed by atoms with Gasteiger partial charge in [-0.3, -0.25) is 4.79 Å². The van der Waals surface area contributed by atoms with E-state index >= 15 is 0 Å². The van der Waals surface area contributed by atoms with Gasteiger partial charge in [-0.1, -0.05) is 32.0 Å². The minimum Gasteiger partial charge on any atom is -0.388 e. The minimum atomic E-state index is -0.742. The third-order valence-electron chi connectivity index (χ3n) is 4.50. The molecule has 0 bridgehead atoms. The van der Waals surface area contributed by atoms with Crippen molar-refractivity contribution in [3.8, 4) is 0 Å². The van der Waals surface area contributed by atoms with Crippen LogP contribution in [-0.4, -0.2) is 23.2 Å². The van der Waals surface area contributed by atoms with Crippen LogP contribution in [0.3, 0.4) is 0 Å². The predicted octanol–water partition coefficient (Wildman–Crippen LogP) is 3.06. The van der Waals surface area contributed by atoms with Crippen LogP contribution in [0.2, 0.25) is 0 Å². The lowest BCUT2D eigenvalue weighted by molar-refractivity contribution is -0.0233. The van der Waals surface area contributed by atoms with E-state index in [9.17, 15) is 9.90 Å². The SMILES string of the molecule is Cc1ccccc1C(=O)NCC1(O)CCC(C)(C)CC1. The number of aliphatic hydroxyl groups is 1. The number of hydrogen-bond acceptors (Lipinski definition) is 2. The second kappa shape index (κ2) is 5.57. The highest BCUT2D eigenvalue weighted by Gasteiger charge is 2.36. The van der Waals surface area contributed by atoms with Gasteiger partial charge in [0.1, 0.15) is 0 Å². The van der Waals surface area contributed by atoms with Crippen LogP contribution in [-0.2, 0) is 0 Å². The Morgan fingerprint density at radius 1 is 1.20 bits per heavy atom. The molecule has 0 aromatic heterocycles. The van der Waals surface area contributed by atoms with Crippen molar-refractivity contribution in [1.82, 2.24) is 5.32 Å². The first-order valence-corrected chi connectivity index (χ1v) is 7.38. The third kappa shape index (κ3) is 3.60. The minimum absolute atomic E-state index is 0.0960. The van der Waals surface area contributed by atoms with Crippen LogP contribution in [0.15, 0.2) is 24.3 Å². The lowest BCUT2D eigenvalue weighted by Crippen LogP contribution is -2.46. The van der Waals surface area contributed by atoms with Crippen LogP contribution in [0.4, 0.5) is 0 Å².